The first-order valence-electron chi connectivity index (χ1n) is 12.4. The summed E-state index contributed by atoms with van der Waals surface area (Å²) in [5, 5.41) is 2.90. The number of hydrogen-bond donors (Lipinski definition) is 1. The first-order valence-corrected chi connectivity index (χ1v) is 13.4. The standard InChI is InChI=1S/C30H36N2O2S/c1-3-4-11-26-16-18-28(19-17-26)35-23-29(31-24(2)33)30(34)32(22-27-14-9-6-10-15-27)21-20-25-12-7-5-8-13-25/h5-10,12-19,29H,3-4,11,20-23H2,1-2H3,(H,31,33). The lowest BCUT2D eigenvalue weighted by atomic mass is 10.1. The van der Waals surface area contributed by atoms with Gasteiger partial charge < -0.3 is 10.2 Å². The summed E-state index contributed by atoms with van der Waals surface area (Å²) >= 11 is 1.61. The fourth-order valence-corrected chi connectivity index (χ4v) is 4.85. The summed E-state index contributed by atoms with van der Waals surface area (Å²) in [5.74, 6) is 0.247. The van der Waals surface area contributed by atoms with Gasteiger partial charge in [-0.25, -0.2) is 0 Å². The predicted molar refractivity (Wildman–Crippen MR) is 145 cm³/mol. The van der Waals surface area contributed by atoms with Gasteiger partial charge in [-0.3, -0.25) is 9.59 Å². The van der Waals surface area contributed by atoms with E-state index in [4.69, 9.17) is 0 Å². The molecule has 35 heavy (non-hydrogen) atoms. The van der Waals surface area contributed by atoms with Crippen molar-refractivity contribution in [3.8, 4) is 0 Å². The Morgan fingerprint density at radius 1 is 0.829 bits per heavy atom. The highest BCUT2D eigenvalue weighted by molar-refractivity contribution is 7.99. The van der Waals surface area contributed by atoms with Gasteiger partial charge in [0.15, 0.2) is 0 Å². The first kappa shape index (κ1) is 26.6. The zero-order chi connectivity index (χ0) is 24.9. The van der Waals surface area contributed by atoms with Crippen molar-refractivity contribution in [3.05, 3.63) is 102 Å². The molecule has 0 aliphatic carbocycles. The molecule has 1 unspecified atom stereocenters. The highest BCUT2D eigenvalue weighted by Gasteiger charge is 2.25. The third kappa shape index (κ3) is 9.25. The zero-order valence-corrected chi connectivity index (χ0v) is 21.6. The number of carbonyl (C=O) groups is 2. The zero-order valence-electron chi connectivity index (χ0n) is 20.8. The van der Waals surface area contributed by atoms with Crippen LogP contribution >= 0.6 is 11.8 Å². The highest BCUT2D eigenvalue weighted by Crippen LogP contribution is 2.21. The molecule has 0 aromatic heterocycles. The van der Waals surface area contributed by atoms with E-state index < -0.39 is 6.04 Å². The molecular weight excluding hydrogens is 452 g/mol. The van der Waals surface area contributed by atoms with Crippen LogP contribution in [0.3, 0.4) is 0 Å². The fraction of sp³-hybridized carbons (Fsp3) is 0.333. The Bertz CT molecular complexity index is 1040. The molecule has 3 rings (SSSR count). The Kier molecular flexibility index (Phi) is 10.9. The molecule has 3 aromatic carbocycles. The molecule has 0 bridgehead atoms. The number of nitrogens with zero attached hydrogens (tertiary/aromatic N) is 1. The van der Waals surface area contributed by atoms with Crippen molar-refractivity contribution >= 4 is 23.6 Å². The number of aryl methyl sites for hydroxylation is 1. The van der Waals surface area contributed by atoms with E-state index in [0.29, 0.717) is 18.8 Å². The largest absolute Gasteiger partial charge is 0.344 e. The van der Waals surface area contributed by atoms with E-state index >= 15 is 0 Å². The average Bonchev–Trinajstić information content (AvgIpc) is 2.89. The van der Waals surface area contributed by atoms with Gasteiger partial charge in [0.05, 0.1) is 0 Å². The molecule has 0 heterocycles. The normalized spacial score (nSPS) is 11.6. The smallest absolute Gasteiger partial charge is 0.246 e. The second kappa shape index (κ2) is 14.4. The molecule has 3 aromatic rings. The minimum atomic E-state index is -0.586. The van der Waals surface area contributed by atoms with Crippen molar-refractivity contribution in [1.82, 2.24) is 10.2 Å². The molecule has 5 heteroatoms. The summed E-state index contributed by atoms with van der Waals surface area (Å²) in [6.07, 6.45) is 4.22. The minimum Gasteiger partial charge on any atom is -0.344 e. The van der Waals surface area contributed by atoms with Gasteiger partial charge in [-0.05, 0) is 48.1 Å². The van der Waals surface area contributed by atoms with Crippen molar-refractivity contribution in [1.29, 1.82) is 0 Å². The Hall–Kier alpha value is -3.05. The van der Waals surface area contributed by atoms with E-state index in [9.17, 15) is 9.59 Å². The molecule has 0 fully saturated rings. The third-order valence-corrected chi connectivity index (χ3v) is 6.98. The lowest BCUT2D eigenvalue weighted by molar-refractivity contribution is -0.136. The second-order valence-electron chi connectivity index (χ2n) is 8.79. The molecular formula is C30H36N2O2S. The van der Waals surface area contributed by atoms with Gasteiger partial charge in [0.25, 0.3) is 0 Å². The predicted octanol–water partition coefficient (Wildman–Crippen LogP) is 5.90. The van der Waals surface area contributed by atoms with Crippen molar-refractivity contribution in [3.63, 3.8) is 0 Å². The summed E-state index contributed by atoms with van der Waals surface area (Å²) in [5.41, 5.74) is 3.60. The van der Waals surface area contributed by atoms with E-state index in [2.05, 4.69) is 48.6 Å². The second-order valence-corrected chi connectivity index (χ2v) is 9.89. The van der Waals surface area contributed by atoms with Crippen LogP contribution in [0.15, 0.2) is 89.8 Å². The van der Waals surface area contributed by atoms with Gasteiger partial charge >= 0.3 is 0 Å². The number of benzene rings is 3. The fourth-order valence-electron chi connectivity index (χ4n) is 3.93. The number of nitrogens with one attached hydrogen (secondary N) is 1. The molecule has 0 radical (unpaired) electrons. The summed E-state index contributed by atoms with van der Waals surface area (Å²) in [7, 11) is 0. The lowest BCUT2D eigenvalue weighted by Crippen LogP contribution is -2.49. The molecule has 0 aliphatic rings. The van der Waals surface area contributed by atoms with Crippen LogP contribution < -0.4 is 5.32 Å². The summed E-state index contributed by atoms with van der Waals surface area (Å²) in [6, 6.07) is 28.2. The van der Waals surface area contributed by atoms with Crippen LogP contribution in [0.4, 0.5) is 0 Å². The van der Waals surface area contributed by atoms with Crippen LogP contribution in [0.2, 0.25) is 0 Å². The van der Waals surface area contributed by atoms with Gasteiger partial charge in [-0.1, -0.05) is 86.1 Å². The lowest BCUT2D eigenvalue weighted by Gasteiger charge is -2.28. The van der Waals surface area contributed by atoms with Gasteiger partial charge in [0, 0.05) is 30.7 Å². The summed E-state index contributed by atoms with van der Waals surface area (Å²) < 4.78 is 0. The molecule has 1 N–H and O–H groups in total. The van der Waals surface area contributed by atoms with Crippen LogP contribution in [-0.4, -0.2) is 35.1 Å². The molecule has 1 atom stereocenters. The van der Waals surface area contributed by atoms with Crippen LogP contribution in [0.1, 0.15) is 43.4 Å². The monoisotopic (exact) mass is 488 g/mol. The molecule has 4 nitrogen and oxygen atoms in total. The van der Waals surface area contributed by atoms with E-state index in [1.54, 1.807) is 11.8 Å². The number of unbranched alkanes of at least 4 members (excludes halogenated alkanes) is 1. The quantitative estimate of drug-likeness (QED) is 0.305. The Morgan fingerprint density at radius 3 is 2.03 bits per heavy atom. The van der Waals surface area contributed by atoms with E-state index in [-0.39, 0.29) is 11.8 Å². The highest BCUT2D eigenvalue weighted by atomic mass is 32.2. The van der Waals surface area contributed by atoms with Crippen LogP contribution in [-0.2, 0) is 29.0 Å². The average molecular weight is 489 g/mol. The van der Waals surface area contributed by atoms with Gasteiger partial charge in [-0.15, -0.1) is 11.8 Å². The van der Waals surface area contributed by atoms with Gasteiger partial charge in [0.2, 0.25) is 11.8 Å². The van der Waals surface area contributed by atoms with Crippen LogP contribution in [0.5, 0.6) is 0 Å². The summed E-state index contributed by atoms with van der Waals surface area (Å²) in [6.45, 7) is 4.77. The van der Waals surface area contributed by atoms with Crippen molar-refractivity contribution < 1.29 is 9.59 Å². The van der Waals surface area contributed by atoms with Crippen molar-refractivity contribution in [2.24, 2.45) is 0 Å². The van der Waals surface area contributed by atoms with E-state index in [1.807, 2.05) is 53.4 Å². The van der Waals surface area contributed by atoms with E-state index in [0.717, 1.165) is 23.3 Å². The maximum Gasteiger partial charge on any atom is 0.246 e. The van der Waals surface area contributed by atoms with Crippen LogP contribution in [0, 0.1) is 0 Å². The molecule has 2 amide bonds. The molecule has 0 saturated heterocycles. The van der Waals surface area contributed by atoms with Gasteiger partial charge in [0.1, 0.15) is 6.04 Å². The minimum absolute atomic E-state index is 0.0490. The molecule has 0 saturated carbocycles. The maximum absolute atomic E-state index is 13.7. The van der Waals surface area contributed by atoms with Crippen LogP contribution in [0.25, 0.3) is 0 Å². The third-order valence-electron chi connectivity index (χ3n) is 5.88. The number of amides is 2. The maximum atomic E-state index is 13.7. The van der Waals surface area contributed by atoms with Crippen molar-refractivity contribution in [2.75, 3.05) is 12.3 Å². The number of rotatable bonds is 13. The number of hydrogen-bond acceptors (Lipinski definition) is 3. The Labute approximate surface area is 214 Å². The van der Waals surface area contributed by atoms with Crippen molar-refractivity contribution in [2.45, 2.75) is 57.0 Å². The molecule has 0 spiro atoms. The molecule has 0 aliphatic heterocycles. The van der Waals surface area contributed by atoms with E-state index in [1.165, 1.54) is 30.9 Å². The first-order chi connectivity index (χ1) is 17.0. The number of carbonyl (C=O) groups excluding carboxylic acids is 2. The Morgan fingerprint density at radius 2 is 1.43 bits per heavy atom. The molecule has 184 valence electrons. The topological polar surface area (TPSA) is 49.4 Å². The SMILES string of the molecule is CCCCc1ccc(SCC(NC(C)=O)C(=O)N(CCc2ccccc2)Cc2ccccc2)cc1. The number of thioether (sulfide) groups is 1. The Balaban J connectivity index is 1.71. The summed E-state index contributed by atoms with van der Waals surface area (Å²) in [4.78, 5) is 28.7. The van der Waals surface area contributed by atoms with Gasteiger partial charge in [-0.2, -0.15) is 0 Å².